The number of rotatable bonds is 3. The molecule has 0 fully saturated rings. The molecule has 0 bridgehead atoms. The first kappa shape index (κ1) is 8.45. The van der Waals surface area contributed by atoms with Gasteiger partial charge in [0, 0.05) is 6.54 Å². The van der Waals surface area contributed by atoms with E-state index in [2.05, 4.69) is 15.5 Å². The van der Waals surface area contributed by atoms with Crippen LogP contribution in [0.2, 0.25) is 0 Å². The second-order valence-corrected chi connectivity index (χ2v) is 2.16. The van der Waals surface area contributed by atoms with Crippen molar-refractivity contribution < 1.29 is 9.90 Å². The zero-order valence-corrected chi connectivity index (χ0v) is 6.61. The number of aromatic carboxylic acids is 1. The van der Waals surface area contributed by atoms with E-state index in [9.17, 15) is 4.79 Å². The molecule has 1 rings (SSSR count). The summed E-state index contributed by atoms with van der Waals surface area (Å²) in [6.07, 6.45) is 1.21. The minimum Gasteiger partial charge on any atom is -0.478 e. The lowest BCUT2D eigenvalue weighted by atomic mass is 10.3. The number of carboxylic acid groups (broad SMARTS) is 1. The summed E-state index contributed by atoms with van der Waals surface area (Å²) in [4.78, 5) is 10.5. The zero-order valence-electron chi connectivity index (χ0n) is 6.61. The Kier molecular flexibility index (Phi) is 2.57. The SMILES string of the molecule is CCNc1cc(C(=O)O)cnn1. The Morgan fingerprint density at radius 1 is 1.75 bits per heavy atom. The number of nitrogens with one attached hydrogen (secondary N) is 1. The highest BCUT2D eigenvalue weighted by molar-refractivity contribution is 5.87. The number of anilines is 1. The van der Waals surface area contributed by atoms with Crippen LogP contribution >= 0.6 is 0 Å². The van der Waals surface area contributed by atoms with Crippen LogP contribution in [0.15, 0.2) is 12.3 Å². The summed E-state index contributed by atoms with van der Waals surface area (Å²) in [5.74, 6) is -0.513. The molecule has 0 aromatic carbocycles. The van der Waals surface area contributed by atoms with Crippen LogP contribution in [-0.4, -0.2) is 27.8 Å². The van der Waals surface area contributed by atoms with Crippen LogP contribution in [-0.2, 0) is 0 Å². The van der Waals surface area contributed by atoms with Gasteiger partial charge in [-0.05, 0) is 13.0 Å². The van der Waals surface area contributed by atoms with Crippen molar-refractivity contribution in [2.45, 2.75) is 6.92 Å². The standard InChI is InChI=1S/C7H9N3O2/c1-2-8-6-3-5(7(11)12)4-9-10-6/h3-4H,2H2,1H3,(H,8,10)(H,11,12). The molecular weight excluding hydrogens is 158 g/mol. The van der Waals surface area contributed by atoms with Crippen molar-refractivity contribution in [3.8, 4) is 0 Å². The highest BCUT2D eigenvalue weighted by Gasteiger charge is 2.03. The highest BCUT2D eigenvalue weighted by atomic mass is 16.4. The third kappa shape index (κ3) is 1.91. The number of hydrogen-bond donors (Lipinski definition) is 2. The number of carboxylic acids is 1. The van der Waals surface area contributed by atoms with Crippen LogP contribution in [0.1, 0.15) is 17.3 Å². The van der Waals surface area contributed by atoms with E-state index in [-0.39, 0.29) is 5.56 Å². The van der Waals surface area contributed by atoms with Gasteiger partial charge in [0.2, 0.25) is 0 Å². The van der Waals surface area contributed by atoms with E-state index in [0.29, 0.717) is 12.4 Å². The lowest BCUT2D eigenvalue weighted by Gasteiger charge is -2.00. The van der Waals surface area contributed by atoms with E-state index in [4.69, 9.17) is 5.11 Å². The molecule has 5 nitrogen and oxygen atoms in total. The molecule has 0 aliphatic carbocycles. The summed E-state index contributed by atoms with van der Waals surface area (Å²) in [5, 5.41) is 18.7. The fraction of sp³-hybridized carbons (Fsp3) is 0.286. The second kappa shape index (κ2) is 3.66. The van der Waals surface area contributed by atoms with Gasteiger partial charge in [-0.2, -0.15) is 5.10 Å². The Bertz CT molecular complexity index is 288. The molecule has 1 aromatic heterocycles. The molecule has 0 spiro atoms. The quantitative estimate of drug-likeness (QED) is 0.689. The Balaban J connectivity index is 2.88. The van der Waals surface area contributed by atoms with Crippen molar-refractivity contribution >= 4 is 11.8 Å². The maximum atomic E-state index is 10.5. The third-order valence-corrected chi connectivity index (χ3v) is 1.26. The van der Waals surface area contributed by atoms with E-state index in [0.717, 1.165) is 0 Å². The second-order valence-electron chi connectivity index (χ2n) is 2.16. The average molecular weight is 167 g/mol. The van der Waals surface area contributed by atoms with Gasteiger partial charge in [0.1, 0.15) is 5.82 Å². The number of hydrogen-bond acceptors (Lipinski definition) is 4. The minimum atomic E-state index is -0.996. The fourth-order valence-corrected chi connectivity index (χ4v) is 0.751. The molecule has 0 radical (unpaired) electrons. The number of carbonyl (C=O) groups is 1. The van der Waals surface area contributed by atoms with Gasteiger partial charge in [0.15, 0.2) is 0 Å². The molecule has 5 heteroatoms. The van der Waals surface area contributed by atoms with E-state index in [1.165, 1.54) is 12.3 Å². The maximum Gasteiger partial charge on any atom is 0.337 e. The van der Waals surface area contributed by atoms with Crippen LogP contribution in [0.5, 0.6) is 0 Å². The molecule has 0 saturated carbocycles. The van der Waals surface area contributed by atoms with Crippen LogP contribution in [0.4, 0.5) is 5.82 Å². The Morgan fingerprint density at radius 3 is 3.08 bits per heavy atom. The largest absolute Gasteiger partial charge is 0.478 e. The van der Waals surface area contributed by atoms with E-state index >= 15 is 0 Å². The Morgan fingerprint density at radius 2 is 2.50 bits per heavy atom. The Hall–Kier alpha value is -1.65. The molecule has 0 saturated heterocycles. The predicted octanol–water partition coefficient (Wildman–Crippen LogP) is 0.607. The zero-order chi connectivity index (χ0) is 8.97. The monoisotopic (exact) mass is 167 g/mol. The van der Waals surface area contributed by atoms with Gasteiger partial charge in [-0.25, -0.2) is 4.79 Å². The summed E-state index contributed by atoms with van der Waals surface area (Å²) in [7, 11) is 0. The van der Waals surface area contributed by atoms with Crippen molar-refractivity contribution in [3.05, 3.63) is 17.8 Å². The van der Waals surface area contributed by atoms with Crippen molar-refractivity contribution in [3.63, 3.8) is 0 Å². The van der Waals surface area contributed by atoms with Gasteiger partial charge < -0.3 is 10.4 Å². The maximum absolute atomic E-state index is 10.5. The van der Waals surface area contributed by atoms with Crippen molar-refractivity contribution in [1.82, 2.24) is 10.2 Å². The predicted molar refractivity (Wildman–Crippen MR) is 43.2 cm³/mol. The minimum absolute atomic E-state index is 0.140. The summed E-state index contributed by atoms with van der Waals surface area (Å²) in [5.41, 5.74) is 0.140. The molecule has 0 atom stereocenters. The Labute approximate surface area is 69.4 Å². The van der Waals surface area contributed by atoms with Gasteiger partial charge in [0.25, 0.3) is 0 Å². The van der Waals surface area contributed by atoms with Crippen molar-refractivity contribution in [1.29, 1.82) is 0 Å². The summed E-state index contributed by atoms with van der Waals surface area (Å²) < 4.78 is 0. The highest BCUT2D eigenvalue weighted by Crippen LogP contribution is 2.03. The molecule has 2 N–H and O–H groups in total. The van der Waals surface area contributed by atoms with Crippen LogP contribution in [0.25, 0.3) is 0 Å². The molecule has 0 unspecified atom stereocenters. The molecule has 64 valence electrons. The van der Waals surface area contributed by atoms with Crippen LogP contribution in [0, 0.1) is 0 Å². The normalized spacial score (nSPS) is 9.42. The fourth-order valence-electron chi connectivity index (χ4n) is 0.751. The van der Waals surface area contributed by atoms with Crippen LogP contribution in [0.3, 0.4) is 0 Å². The topological polar surface area (TPSA) is 75.1 Å². The lowest BCUT2D eigenvalue weighted by molar-refractivity contribution is 0.0696. The summed E-state index contributed by atoms with van der Waals surface area (Å²) in [6, 6.07) is 1.44. The first-order valence-electron chi connectivity index (χ1n) is 3.54. The van der Waals surface area contributed by atoms with Crippen molar-refractivity contribution in [2.24, 2.45) is 0 Å². The van der Waals surface area contributed by atoms with Gasteiger partial charge in [-0.3, -0.25) is 0 Å². The van der Waals surface area contributed by atoms with Gasteiger partial charge >= 0.3 is 5.97 Å². The molecule has 0 amide bonds. The smallest absolute Gasteiger partial charge is 0.337 e. The third-order valence-electron chi connectivity index (χ3n) is 1.26. The average Bonchev–Trinajstić information content (AvgIpc) is 2.05. The van der Waals surface area contributed by atoms with Gasteiger partial charge in [0.05, 0.1) is 11.8 Å². The van der Waals surface area contributed by atoms with E-state index in [1.54, 1.807) is 0 Å². The molecule has 0 aliphatic heterocycles. The number of aromatic nitrogens is 2. The van der Waals surface area contributed by atoms with Crippen molar-refractivity contribution in [2.75, 3.05) is 11.9 Å². The van der Waals surface area contributed by atoms with E-state index in [1.807, 2.05) is 6.92 Å². The summed E-state index contributed by atoms with van der Waals surface area (Å²) >= 11 is 0. The number of nitrogens with zero attached hydrogens (tertiary/aromatic N) is 2. The molecule has 0 aliphatic rings. The summed E-state index contributed by atoms with van der Waals surface area (Å²) in [6.45, 7) is 2.59. The molecular formula is C7H9N3O2. The molecule has 1 heterocycles. The first-order chi connectivity index (χ1) is 5.74. The van der Waals surface area contributed by atoms with Gasteiger partial charge in [-0.1, -0.05) is 0 Å². The molecule has 1 aromatic rings. The van der Waals surface area contributed by atoms with E-state index < -0.39 is 5.97 Å². The first-order valence-corrected chi connectivity index (χ1v) is 3.54. The van der Waals surface area contributed by atoms with Crippen LogP contribution < -0.4 is 5.32 Å². The van der Waals surface area contributed by atoms with Gasteiger partial charge in [-0.15, -0.1) is 5.10 Å². The lowest BCUT2D eigenvalue weighted by Crippen LogP contribution is -2.04. The molecule has 12 heavy (non-hydrogen) atoms.